The van der Waals surface area contributed by atoms with Crippen molar-refractivity contribution in [3.63, 3.8) is 0 Å². The summed E-state index contributed by atoms with van der Waals surface area (Å²) in [6.07, 6.45) is 3.30. The molecule has 21 heavy (non-hydrogen) atoms. The molecule has 0 aromatic heterocycles. The highest BCUT2D eigenvalue weighted by Crippen LogP contribution is 2.28. The van der Waals surface area contributed by atoms with Crippen molar-refractivity contribution in [1.29, 1.82) is 0 Å². The van der Waals surface area contributed by atoms with E-state index in [0.29, 0.717) is 6.98 Å². The van der Waals surface area contributed by atoms with Crippen LogP contribution in [0.4, 0.5) is 0 Å². The highest BCUT2D eigenvalue weighted by atomic mass is 32.1. The standard InChI is InChI=1S/C15H33B2N3S/c1-10-11-12(2)14(13(3)15(4,5)21)19-17(7)20(9)16(6)18-8/h11,18-19,21H,10H2,1-9H3/b12-11-,14-13-. The Morgan fingerprint density at radius 1 is 1.24 bits per heavy atom. The van der Waals surface area contributed by atoms with E-state index in [1.165, 1.54) is 16.8 Å². The Balaban J connectivity index is 5.42. The zero-order valence-corrected chi connectivity index (χ0v) is 16.2. The van der Waals surface area contributed by atoms with Crippen molar-refractivity contribution in [1.82, 2.24) is 15.2 Å². The van der Waals surface area contributed by atoms with Crippen molar-refractivity contribution < 1.29 is 0 Å². The summed E-state index contributed by atoms with van der Waals surface area (Å²) >= 11 is 4.73. The summed E-state index contributed by atoms with van der Waals surface area (Å²) in [6.45, 7) is 15.7. The van der Waals surface area contributed by atoms with Crippen LogP contribution in [0.2, 0.25) is 13.6 Å². The maximum atomic E-state index is 4.73. The zero-order chi connectivity index (χ0) is 16.8. The quantitative estimate of drug-likeness (QED) is 0.365. The molecule has 0 saturated carbocycles. The smallest absolute Gasteiger partial charge is 0.326 e. The number of nitrogens with zero attached hydrogens (tertiary/aromatic N) is 1. The van der Waals surface area contributed by atoms with Gasteiger partial charge in [-0.15, -0.1) is 0 Å². The average Bonchev–Trinajstić information content (AvgIpc) is 2.41. The maximum absolute atomic E-state index is 4.73. The first-order valence-corrected chi connectivity index (χ1v) is 8.27. The Hall–Kier alpha value is -0.320. The van der Waals surface area contributed by atoms with E-state index in [1.807, 2.05) is 7.05 Å². The van der Waals surface area contributed by atoms with Gasteiger partial charge in [0.15, 0.2) is 0 Å². The molecule has 0 aliphatic heterocycles. The number of hydrogen-bond donors (Lipinski definition) is 3. The van der Waals surface area contributed by atoms with Crippen LogP contribution in [0.5, 0.6) is 0 Å². The van der Waals surface area contributed by atoms with Gasteiger partial charge in [-0.05, 0) is 59.4 Å². The minimum absolute atomic E-state index is 0.141. The Kier molecular flexibility index (Phi) is 8.83. The van der Waals surface area contributed by atoms with Crippen molar-refractivity contribution in [2.24, 2.45) is 0 Å². The second-order valence-electron chi connectivity index (χ2n) is 6.30. The van der Waals surface area contributed by atoms with E-state index in [9.17, 15) is 0 Å². The lowest BCUT2D eigenvalue weighted by atomic mass is 9.63. The van der Waals surface area contributed by atoms with Crippen LogP contribution in [0.1, 0.15) is 41.0 Å². The van der Waals surface area contributed by atoms with Gasteiger partial charge < -0.3 is 15.2 Å². The highest BCUT2D eigenvalue weighted by Gasteiger charge is 2.25. The largest absolute Gasteiger partial charge is 0.415 e. The molecule has 0 fully saturated rings. The van der Waals surface area contributed by atoms with Crippen LogP contribution in [0, 0.1) is 0 Å². The molecular formula is C15H33B2N3S. The third-order valence-corrected chi connectivity index (χ3v) is 4.53. The lowest BCUT2D eigenvalue weighted by Gasteiger charge is -2.31. The first kappa shape index (κ1) is 20.7. The van der Waals surface area contributed by atoms with Gasteiger partial charge in [0, 0.05) is 10.4 Å². The topological polar surface area (TPSA) is 27.3 Å². The second-order valence-corrected chi connectivity index (χ2v) is 7.42. The summed E-state index contributed by atoms with van der Waals surface area (Å²) in [5.74, 6) is 0. The molecule has 0 radical (unpaired) electrons. The molecule has 0 rings (SSSR count). The van der Waals surface area contributed by atoms with Gasteiger partial charge in [-0.1, -0.05) is 26.6 Å². The van der Waals surface area contributed by atoms with Gasteiger partial charge in [0.25, 0.3) is 6.98 Å². The molecular weight excluding hydrogens is 276 g/mol. The van der Waals surface area contributed by atoms with E-state index in [1.54, 1.807) is 0 Å². The number of thiol groups is 1. The minimum atomic E-state index is -0.141. The van der Waals surface area contributed by atoms with Gasteiger partial charge in [-0.2, -0.15) is 12.6 Å². The molecule has 120 valence electrons. The van der Waals surface area contributed by atoms with Crippen LogP contribution in [0.15, 0.2) is 22.9 Å². The maximum Gasteiger partial charge on any atom is 0.326 e. The van der Waals surface area contributed by atoms with Crippen molar-refractivity contribution in [3.8, 4) is 0 Å². The van der Waals surface area contributed by atoms with Crippen molar-refractivity contribution >= 4 is 26.6 Å². The first-order valence-electron chi connectivity index (χ1n) is 7.82. The summed E-state index contributed by atoms with van der Waals surface area (Å²) in [5.41, 5.74) is 3.76. The van der Waals surface area contributed by atoms with Crippen molar-refractivity contribution in [3.05, 3.63) is 22.9 Å². The van der Waals surface area contributed by atoms with Crippen LogP contribution in [-0.2, 0) is 0 Å². The predicted octanol–water partition coefficient (Wildman–Crippen LogP) is 3.30. The van der Waals surface area contributed by atoms with Gasteiger partial charge in [-0.3, -0.25) is 0 Å². The van der Waals surface area contributed by atoms with E-state index in [-0.39, 0.29) is 11.7 Å². The van der Waals surface area contributed by atoms with Gasteiger partial charge in [-0.25, -0.2) is 0 Å². The molecule has 6 heteroatoms. The second kappa shape index (κ2) is 8.96. The fourth-order valence-electron chi connectivity index (χ4n) is 2.08. The SMILES string of the molecule is CC/C=C(C)\C(NB(C)N(C)B(C)NC)=C(/C)C(C)(C)S. The molecule has 3 nitrogen and oxygen atoms in total. The average molecular weight is 309 g/mol. The van der Waals surface area contributed by atoms with E-state index in [2.05, 4.69) is 76.6 Å². The summed E-state index contributed by atoms with van der Waals surface area (Å²) in [6, 6.07) is 0. The van der Waals surface area contributed by atoms with Crippen LogP contribution in [-0.4, -0.2) is 37.5 Å². The lowest BCUT2D eigenvalue weighted by molar-refractivity contribution is 0.744. The Bertz CT molecular complexity index is 389. The van der Waals surface area contributed by atoms with Crippen LogP contribution in [0.25, 0.3) is 0 Å². The molecule has 0 aromatic carbocycles. The van der Waals surface area contributed by atoms with Crippen LogP contribution >= 0.6 is 12.6 Å². The molecule has 0 saturated heterocycles. The molecule has 0 atom stereocenters. The molecule has 0 aliphatic rings. The summed E-state index contributed by atoms with van der Waals surface area (Å²) in [5, 5.41) is 6.94. The van der Waals surface area contributed by atoms with Crippen molar-refractivity contribution in [2.45, 2.75) is 59.4 Å². The Morgan fingerprint density at radius 3 is 2.14 bits per heavy atom. The van der Waals surface area contributed by atoms with Gasteiger partial charge in [0.2, 0.25) is 0 Å². The number of nitrogens with one attached hydrogen (secondary N) is 2. The monoisotopic (exact) mass is 309 g/mol. The predicted molar refractivity (Wildman–Crippen MR) is 103 cm³/mol. The Labute approximate surface area is 138 Å². The normalized spacial score (nSPS) is 14.1. The molecule has 0 spiro atoms. The van der Waals surface area contributed by atoms with Crippen LogP contribution in [0.3, 0.4) is 0 Å². The highest BCUT2D eigenvalue weighted by molar-refractivity contribution is 7.82. The number of allylic oxidation sites excluding steroid dienone is 2. The molecule has 0 unspecified atom stereocenters. The molecule has 0 amide bonds. The summed E-state index contributed by atoms with van der Waals surface area (Å²) in [7, 11) is 4.10. The lowest BCUT2D eigenvalue weighted by Crippen LogP contribution is -2.56. The number of rotatable bonds is 8. The minimum Gasteiger partial charge on any atom is -0.415 e. The van der Waals surface area contributed by atoms with Crippen molar-refractivity contribution in [2.75, 3.05) is 14.1 Å². The van der Waals surface area contributed by atoms with Gasteiger partial charge >= 0.3 is 6.98 Å². The molecule has 0 aromatic rings. The van der Waals surface area contributed by atoms with Gasteiger partial charge in [0.05, 0.1) is 0 Å². The zero-order valence-electron chi connectivity index (χ0n) is 15.3. The van der Waals surface area contributed by atoms with E-state index < -0.39 is 0 Å². The molecule has 0 heterocycles. The fourth-order valence-corrected chi connectivity index (χ4v) is 2.19. The summed E-state index contributed by atoms with van der Waals surface area (Å²) in [4.78, 5) is 0. The van der Waals surface area contributed by atoms with Gasteiger partial charge in [0.1, 0.15) is 0 Å². The van der Waals surface area contributed by atoms with E-state index in [0.717, 1.165) is 6.42 Å². The first-order chi connectivity index (χ1) is 9.56. The third-order valence-electron chi connectivity index (χ3n) is 4.19. The fraction of sp³-hybridized carbons (Fsp3) is 0.733. The van der Waals surface area contributed by atoms with E-state index >= 15 is 0 Å². The van der Waals surface area contributed by atoms with E-state index in [4.69, 9.17) is 12.6 Å². The Morgan fingerprint density at radius 2 is 1.76 bits per heavy atom. The number of hydrogen-bond acceptors (Lipinski definition) is 4. The van der Waals surface area contributed by atoms with Crippen LogP contribution < -0.4 is 10.5 Å². The molecule has 0 bridgehead atoms. The molecule has 0 aliphatic carbocycles. The molecule has 2 N–H and O–H groups in total. The summed E-state index contributed by atoms with van der Waals surface area (Å²) < 4.78 is 2.14. The third kappa shape index (κ3) is 6.54.